The van der Waals surface area contributed by atoms with E-state index in [1.165, 1.54) is 0 Å². The summed E-state index contributed by atoms with van der Waals surface area (Å²) < 4.78 is 10.8. The van der Waals surface area contributed by atoms with Crippen LogP contribution in [0.1, 0.15) is 39.0 Å². The fraction of sp³-hybridized carbons (Fsp3) is 0.917. The third-order valence-corrected chi connectivity index (χ3v) is 3.94. The van der Waals surface area contributed by atoms with Crippen LogP contribution in [-0.4, -0.2) is 31.3 Å². The van der Waals surface area contributed by atoms with Crippen molar-refractivity contribution in [2.45, 2.75) is 51.2 Å². The predicted molar refractivity (Wildman–Crippen MR) is 59.9 cm³/mol. The predicted octanol–water partition coefficient (Wildman–Crippen LogP) is 1.23. The maximum Gasteiger partial charge on any atom is 0.313 e. The molecule has 16 heavy (non-hydrogen) atoms. The van der Waals surface area contributed by atoms with Gasteiger partial charge in [-0.1, -0.05) is 6.42 Å². The molecule has 2 aliphatic rings. The highest BCUT2D eigenvalue weighted by molar-refractivity contribution is 5.78. The van der Waals surface area contributed by atoms with E-state index in [0.717, 1.165) is 32.1 Å². The van der Waals surface area contributed by atoms with Crippen molar-refractivity contribution in [2.75, 3.05) is 13.2 Å². The summed E-state index contributed by atoms with van der Waals surface area (Å²) in [6.45, 7) is 3.33. The molecule has 0 bridgehead atoms. The van der Waals surface area contributed by atoms with E-state index >= 15 is 0 Å². The molecule has 1 saturated carbocycles. The van der Waals surface area contributed by atoms with Crippen LogP contribution in [0.2, 0.25) is 0 Å². The SMILES string of the molecule is CC1(C(=O)OC2CCOCC2)CCCC1N. The minimum Gasteiger partial charge on any atom is -0.462 e. The van der Waals surface area contributed by atoms with Crippen molar-refractivity contribution in [3.63, 3.8) is 0 Å². The number of rotatable bonds is 2. The molecule has 2 unspecified atom stereocenters. The maximum absolute atomic E-state index is 12.1. The van der Waals surface area contributed by atoms with Gasteiger partial charge in [-0.15, -0.1) is 0 Å². The van der Waals surface area contributed by atoms with Crippen LogP contribution in [0.3, 0.4) is 0 Å². The molecule has 4 heteroatoms. The van der Waals surface area contributed by atoms with Crippen molar-refractivity contribution in [3.8, 4) is 0 Å². The van der Waals surface area contributed by atoms with Gasteiger partial charge in [0.1, 0.15) is 6.10 Å². The highest BCUT2D eigenvalue weighted by Gasteiger charge is 2.45. The highest BCUT2D eigenvalue weighted by atomic mass is 16.6. The molecule has 2 rings (SSSR count). The Morgan fingerprint density at radius 3 is 2.62 bits per heavy atom. The van der Waals surface area contributed by atoms with Crippen LogP contribution < -0.4 is 5.73 Å². The Morgan fingerprint density at radius 1 is 1.38 bits per heavy atom. The molecule has 2 atom stereocenters. The minimum atomic E-state index is -0.460. The van der Waals surface area contributed by atoms with Crippen LogP contribution in [0.25, 0.3) is 0 Å². The summed E-state index contributed by atoms with van der Waals surface area (Å²) in [5.41, 5.74) is 5.53. The molecule has 2 fully saturated rings. The van der Waals surface area contributed by atoms with Crippen LogP contribution in [0, 0.1) is 5.41 Å². The molecule has 0 aromatic rings. The molecule has 4 nitrogen and oxygen atoms in total. The average molecular weight is 227 g/mol. The van der Waals surface area contributed by atoms with Crippen LogP contribution in [0.5, 0.6) is 0 Å². The summed E-state index contributed by atoms with van der Waals surface area (Å²) >= 11 is 0. The quantitative estimate of drug-likeness (QED) is 0.721. The van der Waals surface area contributed by atoms with E-state index in [0.29, 0.717) is 13.2 Å². The fourth-order valence-electron chi connectivity index (χ4n) is 2.53. The summed E-state index contributed by atoms with van der Waals surface area (Å²) in [6.07, 6.45) is 4.48. The number of hydrogen-bond acceptors (Lipinski definition) is 4. The van der Waals surface area contributed by atoms with Crippen molar-refractivity contribution < 1.29 is 14.3 Å². The first-order chi connectivity index (χ1) is 7.63. The Kier molecular flexibility index (Phi) is 3.50. The molecule has 1 heterocycles. The summed E-state index contributed by atoms with van der Waals surface area (Å²) in [7, 11) is 0. The Bertz CT molecular complexity index is 263. The minimum absolute atomic E-state index is 0.0332. The van der Waals surface area contributed by atoms with Gasteiger partial charge in [-0.3, -0.25) is 4.79 Å². The molecule has 0 spiro atoms. The normalized spacial score (nSPS) is 36.2. The summed E-state index contributed by atoms with van der Waals surface area (Å²) in [5.74, 6) is -0.107. The van der Waals surface area contributed by atoms with E-state index in [2.05, 4.69) is 0 Å². The molecule has 1 saturated heterocycles. The van der Waals surface area contributed by atoms with Gasteiger partial charge in [-0.2, -0.15) is 0 Å². The number of ether oxygens (including phenoxy) is 2. The lowest BCUT2D eigenvalue weighted by atomic mass is 9.85. The van der Waals surface area contributed by atoms with Crippen LogP contribution >= 0.6 is 0 Å². The van der Waals surface area contributed by atoms with Gasteiger partial charge in [-0.05, 0) is 19.8 Å². The zero-order valence-electron chi connectivity index (χ0n) is 9.91. The fourth-order valence-corrected chi connectivity index (χ4v) is 2.53. The molecule has 1 aliphatic heterocycles. The Hall–Kier alpha value is -0.610. The van der Waals surface area contributed by atoms with Gasteiger partial charge in [0.05, 0.1) is 18.6 Å². The van der Waals surface area contributed by atoms with Gasteiger partial charge in [0, 0.05) is 18.9 Å². The van der Waals surface area contributed by atoms with Crippen molar-refractivity contribution in [3.05, 3.63) is 0 Å². The van der Waals surface area contributed by atoms with E-state index in [1.54, 1.807) is 0 Å². The standard InChI is InChI=1S/C12H21NO3/c1-12(6-2-3-10(12)13)11(14)16-9-4-7-15-8-5-9/h9-10H,2-8,13H2,1H3. The van der Waals surface area contributed by atoms with Gasteiger partial charge in [0.25, 0.3) is 0 Å². The Labute approximate surface area is 96.5 Å². The average Bonchev–Trinajstić information content (AvgIpc) is 2.62. The molecule has 0 aromatic heterocycles. The number of nitrogens with two attached hydrogens (primary N) is 1. The third kappa shape index (κ3) is 2.23. The lowest BCUT2D eigenvalue weighted by Crippen LogP contribution is -2.44. The lowest BCUT2D eigenvalue weighted by molar-refractivity contribution is -0.165. The van der Waals surface area contributed by atoms with E-state index in [1.807, 2.05) is 6.92 Å². The summed E-state index contributed by atoms with van der Waals surface area (Å²) in [6, 6.07) is -0.0418. The van der Waals surface area contributed by atoms with Gasteiger partial charge in [0.2, 0.25) is 0 Å². The van der Waals surface area contributed by atoms with E-state index < -0.39 is 5.41 Å². The van der Waals surface area contributed by atoms with Crippen molar-refractivity contribution >= 4 is 5.97 Å². The first kappa shape index (κ1) is 11.9. The van der Waals surface area contributed by atoms with Gasteiger partial charge >= 0.3 is 5.97 Å². The lowest BCUT2D eigenvalue weighted by Gasteiger charge is -2.30. The van der Waals surface area contributed by atoms with Crippen molar-refractivity contribution in [1.82, 2.24) is 0 Å². The van der Waals surface area contributed by atoms with Crippen LogP contribution in [-0.2, 0) is 14.3 Å². The Balaban J connectivity index is 1.91. The first-order valence-electron chi connectivity index (χ1n) is 6.17. The number of esters is 1. The number of carbonyl (C=O) groups excluding carboxylic acids is 1. The highest BCUT2D eigenvalue weighted by Crippen LogP contribution is 2.38. The van der Waals surface area contributed by atoms with Crippen LogP contribution in [0.4, 0.5) is 0 Å². The summed E-state index contributed by atoms with van der Waals surface area (Å²) in [4.78, 5) is 12.1. The number of hydrogen-bond donors (Lipinski definition) is 1. The largest absolute Gasteiger partial charge is 0.462 e. The molecule has 0 radical (unpaired) electrons. The topological polar surface area (TPSA) is 61.5 Å². The van der Waals surface area contributed by atoms with E-state index in [4.69, 9.17) is 15.2 Å². The molecular formula is C12H21NO3. The zero-order chi connectivity index (χ0) is 11.6. The molecule has 92 valence electrons. The zero-order valence-corrected chi connectivity index (χ0v) is 9.91. The third-order valence-electron chi connectivity index (χ3n) is 3.94. The van der Waals surface area contributed by atoms with Gasteiger partial charge < -0.3 is 15.2 Å². The molecule has 0 amide bonds. The monoisotopic (exact) mass is 227 g/mol. The van der Waals surface area contributed by atoms with Crippen LogP contribution in [0.15, 0.2) is 0 Å². The van der Waals surface area contributed by atoms with Gasteiger partial charge in [0.15, 0.2) is 0 Å². The smallest absolute Gasteiger partial charge is 0.313 e. The second-order valence-corrected chi connectivity index (χ2v) is 5.13. The first-order valence-corrected chi connectivity index (χ1v) is 6.17. The van der Waals surface area contributed by atoms with E-state index in [9.17, 15) is 4.79 Å². The second-order valence-electron chi connectivity index (χ2n) is 5.13. The van der Waals surface area contributed by atoms with Crippen molar-refractivity contribution in [2.24, 2.45) is 11.1 Å². The molecular weight excluding hydrogens is 206 g/mol. The van der Waals surface area contributed by atoms with Gasteiger partial charge in [-0.25, -0.2) is 0 Å². The maximum atomic E-state index is 12.1. The van der Waals surface area contributed by atoms with E-state index in [-0.39, 0.29) is 18.1 Å². The Morgan fingerprint density at radius 2 is 2.06 bits per heavy atom. The number of carbonyl (C=O) groups is 1. The molecule has 1 aliphatic carbocycles. The second kappa shape index (κ2) is 4.72. The summed E-state index contributed by atoms with van der Waals surface area (Å²) in [5, 5.41) is 0. The molecule has 0 aromatic carbocycles. The van der Waals surface area contributed by atoms with Crippen molar-refractivity contribution in [1.29, 1.82) is 0 Å². The molecule has 2 N–H and O–H groups in total.